The third-order valence-electron chi connectivity index (χ3n) is 7.50. The number of carboxylic acid groups (broad SMARTS) is 1. The van der Waals surface area contributed by atoms with E-state index in [9.17, 15) is 14.7 Å². The lowest BCUT2D eigenvalue weighted by Crippen LogP contribution is -2.56. The monoisotopic (exact) mass is 385 g/mol. The summed E-state index contributed by atoms with van der Waals surface area (Å²) in [5.41, 5.74) is -0.130. The quantitative estimate of drug-likeness (QED) is 0.815. The summed E-state index contributed by atoms with van der Waals surface area (Å²) >= 11 is 0. The van der Waals surface area contributed by atoms with Crippen LogP contribution in [-0.2, 0) is 20.7 Å². The number of carboxylic acids is 1. The summed E-state index contributed by atoms with van der Waals surface area (Å²) in [6, 6.07) is 10.3. The Hall–Kier alpha value is -1.88. The number of aliphatic carboxylic acids is 1. The molecule has 0 radical (unpaired) electrons. The van der Waals surface area contributed by atoms with Crippen LogP contribution in [0.25, 0.3) is 0 Å². The first kappa shape index (κ1) is 19.4. The molecule has 2 saturated carbocycles. The Labute approximate surface area is 167 Å². The van der Waals surface area contributed by atoms with Gasteiger partial charge < -0.3 is 14.7 Å². The molecule has 1 saturated heterocycles. The van der Waals surface area contributed by atoms with E-state index in [1.807, 2.05) is 23.1 Å². The van der Waals surface area contributed by atoms with E-state index in [0.29, 0.717) is 24.8 Å². The van der Waals surface area contributed by atoms with Gasteiger partial charge in [-0.15, -0.1) is 0 Å². The normalized spacial score (nSPS) is 34.5. The van der Waals surface area contributed by atoms with Gasteiger partial charge in [0.05, 0.1) is 12.0 Å². The maximum absolute atomic E-state index is 13.9. The minimum absolute atomic E-state index is 0.157. The molecule has 1 aromatic rings. The molecule has 5 heteroatoms. The first-order chi connectivity index (χ1) is 13.5. The maximum atomic E-state index is 13.9. The smallest absolute Gasteiger partial charge is 0.313 e. The number of benzene rings is 1. The van der Waals surface area contributed by atoms with Crippen LogP contribution in [0.5, 0.6) is 0 Å². The molecule has 2 bridgehead atoms. The molecule has 1 aliphatic heterocycles. The van der Waals surface area contributed by atoms with Gasteiger partial charge in [0.15, 0.2) is 0 Å². The standard InChI is InChI=1S/C23H31NO4/c1-28-16-22(21(26)27)10-5-11-24(15-22)20(25)23(13-17-6-3-2-4-7-17)14-18-8-9-19(23)12-18/h2-4,6-7,18-19H,5,8-16H2,1H3,(H,26,27). The fourth-order valence-corrected chi connectivity index (χ4v) is 6.21. The number of nitrogens with zero attached hydrogens (tertiary/aromatic N) is 1. The largest absolute Gasteiger partial charge is 0.481 e. The van der Waals surface area contributed by atoms with Crippen molar-refractivity contribution in [1.29, 1.82) is 0 Å². The van der Waals surface area contributed by atoms with Gasteiger partial charge in [-0.2, -0.15) is 0 Å². The fourth-order valence-electron chi connectivity index (χ4n) is 6.21. The topological polar surface area (TPSA) is 66.8 Å². The molecule has 1 heterocycles. The van der Waals surface area contributed by atoms with E-state index >= 15 is 0 Å². The first-order valence-corrected chi connectivity index (χ1v) is 10.5. The van der Waals surface area contributed by atoms with Crippen molar-refractivity contribution in [2.45, 2.75) is 44.9 Å². The molecule has 4 rings (SSSR count). The lowest BCUT2D eigenvalue weighted by Gasteiger charge is -2.45. The highest BCUT2D eigenvalue weighted by atomic mass is 16.5. The van der Waals surface area contributed by atoms with Gasteiger partial charge in [-0.1, -0.05) is 36.8 Å². The second-order valence-electron chi connectivity index (χ2n) is 9.25. The van der Waals surface area contributed by atoms with Crippen molar-refractivity contribution < 1.29 is 19.4 Å². The van der Waals surface area contributed by atoms with E-state index in [4.69, 9.17) is 4.74 Å². The van der Waals surface area contributed by atoms with E-state index < -0.39 is 11.4 Å². The summed E-state index contributed by atoms with van der Waals surface area (Å²) in [4.78, 5) is 27.8. The van der Waals surface area contributed by atoms with Gasteiger partial charge in [0.2, 0.25) is 5.91 Å². The van der Waals surface area contributed by atoms with E-state index in [-0.39, 0.29) is 24.5 Å². The van der Waals surface area contributed by atoms with E-state index in [1.54, 1.807) is 0 Å². The zero-order chi connectivity index (χ0) is 19.8. The van der Waals surface area contributed by atoms with Crippen LogP contribution in [0, 0.1) is 22.7 Å². The number of fused-ring (bicyclic) bond motifs is 2. The highest BCUT2D eigenvalue weighted by Crippen LogP contribution is 2.58. The number of carbonyl (C=O) groups excluding carboxylic acids is 1. The Morgan fingerprint density at radius 1 is 1.25 bits per heavy atom. The summed E-state index contributed by atoms with van der Waals surface area (Å²) in [7, 11) is 1.54. The van der Waals surface area contributed by atoms with Crippen molar-refractivity contribution in [3.05, 3.63) is 35.9 Å². The van der Waals surface area contributed by atoms with Gasteiger partial charge in [-0.3, -0.25) is 9.59 Å². The number of methoxy groups -OCH3 is 1. The molecule has 1 aromatic carbocycles. The second kappa shape index (κ2) is 7.51. The Balaban J connectivity index is 1.62. The number of carbonyl (C=O) groups is 2. The van der Waals surface area contributed by atoms with Crippen LogP contribution < -0.4 is 0 Å². The van der Waals surface area contributed by atoms with Gasteiger partial charge in [0, 0.05) is 20.2 Å². The van der Waals surface area contributed by atoms with Crippen molar-refractivity contribution in [2.75, 3.05) is 26.8 Å². The molecule has 2 aliphatic carbocycles. The van der Waals surface area contributed by atoms with Crippen molar-refractivity contribution in [3.8, 4) is 0 Å². The average molecular weight is 386 g/mol. The number of rotatable bonds is 6. The third kappa shape index (κ3) is 3.24. The second-order valence-corrected chi connectivity index (χ2v) is 9.25. The molecule has 0 aromatic heterocycles. The molecule has 4 atom stereocenters. The van der Waals surface area contributed by atoms with Crippen LogP contribution in [0.4, 0.5) is 0 Å². The van der Waals surface area contributed by atoms with Crippen molar-refractivity contribution in [1.82, 2.24) is 4.90 Å². The van der Waals surface area contributed by atoms with Crippen LogP contribution in [0.3, 0.4) is 0 Å². The highest BCUT2D eigenvalue weighted by Gasteiger charge is 2.57. The summed E-state index contributed by atoms with van der Waals surface area (Å²) in [6.07, 6.45) is 6.51. The van der Waals surface area contributed by atoms with Crippen molar-refractivity contribution >= 4 is 11.9 Å². The third-order valence-corrected chi connectivity index (χ3v) is 7.50. The fraction of sp³-hybridized carbons (Fsp3) is 0.652. The Kier molecular flexibility index (Phi) is 5.21. The number of piperidine rings is 1. The predicted molar refractivity (Wildman–Crippen MR) is 106 cm³/mol. The Morgan fingerprint density at radius 2 is 2.04 bits per heavy atom. The van der Waals surface area contributed by atoms with Gasteiger partial charge in [-0.05, 0) is 55.9 Å². The SMILES string of the molecule is COCC1(C(=O)O)CCCN(C(=O)C2(Cc3ccccc3)CC3CCC2C3)C1. The number of hydrogen-bond donors (Lipinski definition) is 1. The lowest BCUT2D eigenvalue weighted by atomic mass is 9.67. The minimum Gasteiger partial charge on any atom is -0.481 e. The molecule has 5 nitrogen and oxygen atoms in total. The molecule has 0 spiro atoms. The van der Waals surface area contributed by atoms with Crippen LogP contribution >= 0.6 is 0 Å². The first-order valence-electron chi connectivity index (χ1n) is 10.5. The highest BCUT2D eigenvalue weighted by molar-refractivity contribution is 5.85. The van der Waals surface area contributed by atoms with Crippen molar-refractivity contribution in [2.24, 2.45) is 22.7 Å². The molecule has 3 fully saturated rings. The van der Waals surface area contributed by atoms with Crippen molar-refractivity contribution in [3.63, 3.8) is 0 Å². The average Bonchev–Trinajstić information content (AvgIpc) is 3.30. The molecule has 4 unspecified atom stereocenters. The number of ether oxygens (including phenoxy) is 1. The van der Waals surface area contributed by atoms with Crippen LogP contribution in [0.15, 0.2) is 30.3 Å². The van der Waals surface area contributed by atoms with Crippen LogP contribution in [0.2, 0.25) is 0 Å². The van der Waals surface area contributed by atoms with Crippen LogP contribution in [0.1, 0.15) is 44.1 Å². The molecule has 1 amide bonds. The number of amides is 1. The van der Waals surface area contributed by atoms with Crippen LogP contribution in [-0.4, -0.2) is 48.7 Å². The van der Waals surface area contributed by atoms with E-state index in [2.05, 4.69) is 12.1 Å². The summed E-state index contributed by atoms with van der Waals surface area (Å²) < 4.78 is 5.25. The Bertz CT molecular complexity index is 731. The molecule has 28 heavy (non-hydrogen) atoms. The Morgan fingerprint density at radius 3 is 2.64 bits per heavy atom. The summed E-state index contributed by atoms with van der Waals surface area (Å²) in [5, 5.41) is 9.87. The maximum Gasteiger partial charge on any atom is 0.313 e. The van der Waals surface area contributed by atoms with E-state index in [0.717, 1.165) is 32.1 Å². The number of hydrogen-bond acceptors (Lipinski definition) is 3. The summed E-state index contributed by atoms with van der Waals surface area (Å²) in [6.45, 7) is 1.08. The summed E-state index contributed by atoms with van der Waals surface area (Å²) in [5.74, 6) is 0.404. The zero-order valence-electron chi connectivity index (χ0n) is 16.7. The lowest BCUT2D eigenvalue weighted by molar-refractivity contribution is -0.163. The molecular formula is C23H31NO4. The molecule has 1 N–H and O–H groups in total. The van der Waals surface area contributed by atoms with Gasteiger partial charge in [0.1, 0.15) is 5.41 Å². The minimum atomic E-state index is -0.978. The van der Waals surface area contributed by atoms with Gasteiger partial charge in [-0.25, -0.2) is 0 Å². The predicted octanol–water partition coefficient (Wildman–Crippen LogP) is 3.38. The van der Waals surface area contributed by atoms with E-state index in [1.165, 1.54) is 19.1 Å². The number of likely N-dealkylation sites (tertiary alicyclic amines) is 1. The molecule has 152 valence electrons. The zero-order valence-corrected chi connectivity index (χ0v) is 16.7. The van der Waals surface area contributed by atoms with Gasteiger partial charge >= 0.3 is 5.97 Å². The molecular weight excluding hydrogens is 354 g/mol. The van der Waals surface area contributed by atoms with Gasteiger partial charge in [0.25, 0.3) is 0 Å². The molecule has 3 aliphatic rings.